The Labute approximate surface area is 190 Å². The maximum Gasteiger partial charge on any atom is 0.188 e. The minimum Gasteiger partial charge on any atom is -0.507 e. The standard InChI is InChI=1S/C26H41NO3S/c1-8-9-10-11-12-13-14-15-31(29,30)21(19-27)16-20-17-22(25(2,3)4)24(28)23(18-20)26(5,6)7/h16-18,28H,8-15H2,1-7H3/b21-16-. The second-order valence-electron chi connectivity index (χ2n) is 10.5. The minimum absolute atomic E-state index is 0.00346. The molecule has 5 heteroatoms. The van der Waals surface area contributed by atoms with Gasteiger partial charge in [0.15, 0.2) is 9.84 Å². The smallest absolute Gasteiger partial charge is 0.188 e. The molecule has 0 amide bonds. The number of hydrogen-bond acceptors (Lipinski definition) is 4. The van der Waals surface area contributed by atoms with Crippen LogP contribution in [0.2, 0.25) is 0 Å². The molecule has 0 radical (unpaired) electrons. The van der Waals surface area contributed by atoms with E-state index in [1.54, 1.807) is 12.1 Å². The van der Waals surface area contributed by atoms with Crippen LogP contribution in [0.25, 0.3) is 6.08 Å². The molecule has 0 bridgehead atoms. The van der Waals surface area contributed by atoms with Gasteiger partial charge >= 0.3 is 0 Å². The van der Waals surface area contributed by atoms with Crippen molar-refractivity contribution in [3.05, 3.63) is 33.7 Å². The second-order valence-corrected chi connectivity index (χ2v) is 12.6. The highest BCUT2D eigenvalue weighted by Gasteiger charge is 2.27. The van der Waals surface area contributed by atoms with Gasteiger partial charge < -0.3 is 5.11 Å². The van der Waals surface area contributed by atoms with E-state index in [2.05, 4.69) is 6.92 Å². The largest absolute Gasteiger partial charge is 0.507 e. The number of hydrogen-bond donors (Lipinski definition) is 1. The molecule has 0 saturated carbocycles. The summed E-state index contributed by atoms with van der Waals surface area (Å²) in [5.41, 5.74) is 1.47. The van der Waals surface area contributed by atoms with Gasteiger partial charge in [0, 0.05) is 11.1 Å². The van der Waals surface area contributed by atoms with Gasteiger partial charge in [-0.3, -0.25) is 0 Å². The summed E-state index contributed by atoms with van der Waals surface area (Å²) >= 11 is 0. The third kappa shape index (κ3) is 8.33. The fourth-order valence-corrected chi connectivity index (χ4v) is 4.84. The minimum atomic E-state index is -3.64. The van der Waals surface area contributed by atoms with Gasteiger partial charge in [-0.15, -0.1) is 0 Å². The fourth-order valence-electron chi connectivity index (χ4n) is 3.59. The summed E-state index contributed by atoms with van der Waals surface area (Å²) in [7, 11) is -3.64. The number of unbranched alkanes of at least 4 members (excludes halogenated alkanes) is 6. The Kier molecular flexibility index (Phi) is 9.82. The first-order valence-electron chi connectivity index (χ1n) is 11.5. The highest BCUT2D eigenvalue weighted by Crippen LogP contribution is 2.40. The maximum absolute atomic E-state index is 12.8. The van der Waals surface area contributed by atoms with E-state index in [0.717, 1.165) is 30.4 Å². The van der Waals surface area contributed by atoms with Gasteiger partial charge in [0.25, 0.3) is 0 Å². The summed E-state index contributed by atoms with van der Waals surface area (Å²) in [6.45, 7) is 14.2. The summed E-state index contributed by atoms with van der Waals surface area (Å²) in [5, 5.41) is 20.4. The van der Waals surface area contributed by atoms with Crippen LogP contribution in [0.15, 0.2) is 17.0 Å². The molecule has 0 atom stereocenters. The summed E-state index contributed by atoms with van der Waals surface area (Å²) in [4.78, 5) is -0.205. The van der Waals surface area contributed by atoms with Crippen LogP contribution in [-0.2, 0) is 20.7 Å². The van der Waals surface area contributed by atoms with Crippen molar-refractivity contribution in [2.45, 2.75) is 104 Å². The Morgan fingerprint density at radius 1 is 0.935 bits per heavy atom. The fraction of sp³-hybridized carbons (Fsp3) is 0.654. The van der Waals surface area contributed by atoms with Gasteiger partial charge in [0.1, 0.15) is 16.7 Å². The molecule has 0 aliphatic carbocycles. The summed E-state index contributed by atoms with van der Waals surface area (Å²) in [6, 6.07) is 5.49. The first kappa shape index (κ1) is 27.2. The lowest BCUT2D eigenvalue weighted by Gasteiger charge is -2.28. The van der Waals surface area contributed by atoms with E-state index < -0.39 is 9.84 Å². The molecule has 0 aliphatic rings. The highest BCUT2D eigenvalue weighted by molar-refractivity contribution is 7.95. The molecule has 0 saturated heterocycles. The van der Waals surface area contributed by atoms with E-state index in [0.29, 0.717) is 12.0 Å². The molecule has 0 heterocycles. The molecule has 0 fully saturated rings. The van der Waals surface area contributed by atoms with Gasteiger partial charge in [-0.05, 0) is 41.0 Å². The van der Waals surface area contributed by atoms with Crippen LogP contribution in [0, 0.1) is 11.3 Å². The Morgan fingerprint density at radius 3 is 1.81 bits per heavy atom. The van der Waals surface area contributed by atoms with Crippen molar-refractivity contribution in [3.8, 4) is 11.8 Å². The van der Waals surface area contributed by atoms with Crippen molar-refractivity contribution in [2.75, 3.05) is 5.75 Å². The predicted octanol–water partition coefficient (Wildman–Crippen LogP) is 7.02. The topological polar surface area (TPSA) is 78.2 Å². The van der Waals surface area contributed by atoms with E-state index in [1.807, 2.05) is 47.6 Å². The number of allylic oxidation sites excluding steroid dienone is 1. The summed E-state index contributed by atoms with van der Waals surface area (Å²) < 4.78 is 25.6. The Morgan fingerprint density at radius 2 is 1.39 bits per heavy atom. The number of sulfone groups is 1. The number of phenolic OH excluding ortho intramolecular Hbond substituents is 1. The summed E-state index contributed by atoms with van der Waals surface area (Å²) in [5.74, 6) is 0.234. The van der Waals surface area contributed by atoms with Crippen LogP contribution in [0.3, 0.4) is 0 Å². The van der Waals surface area contributed by atoms with Crippen molar-refractivity contribution in [1.29, 1.82) is 5.26 Å². The van der Waals surface area contributed by atoms with Crippen molar-refractivity contribution < 1.29 is 13.5 Å². The molecule has 1 rings (SSSR count). The number of benzene rings is 1. The lowest BCUT2D eigenvalue weighted by Crippen LogP contribution is -2.17. The summed E-state index contributed by atoms with van der Waals surface area (Å²) in [6.07, 6.45) is 8.67. The second kappa shape index (κ2) is 11.2. The van der Waals surface area contributed by atoms with Crippen LogP contribution in [0.4, 0.5) is 0 Å². The normalized spacial score (nSPS) is 13.3. The van der Waals surface area contributed by atoms with Crippen LogP contribution in [-0.4, -0.2) is 19.3 Å². The number of phenols is 1. The SMILES string of the molecule is CCCCCCCCCS(=O)(=O)/C(C#N)=C\c1cc(C(C)(C)C)c(O)c(C(C)(C)C)c1. The first-order chi connectivity index (χ1) is 14.2. The van der Waals surface area contributed by atoms with Crippen molar-refractivity contribution in [1.82, 2.24) is 0 Å². The molecular weight excluding hydrogens is 406 g/mol. The lowest BCUT2D eigenvalue weighted by molar-refractivity contribution is 0.423. The number of nitrogens with zero attached hydrogens (tertiary/aromatic N) is 1. The van der Waals surface area contributed by atoms with E-state index >= 15 is 0 Å². The van der Waals surface area contributed by atoms with Gasteiger partial charge in [0.2, 0.25) is 0 Å². The van der Waals surface area contributed by atoms with Crippen LogP contribution < -0.4 is 0 Å². The highest BCUT2D eigenvalue weighted by atomic mass is 32.2. The van der Waals surface area contributed by atoms with E-state index in [-0.39, 0.29) is 27.2 Å². The molecule has 4 nitrogen and oxygen atoms in total. The van der Waals surface area contributed by atoms with Gasteiger partial charge in [0.05, 0.1) is 5.75 Å². The van der Waals surface area contributed by atoms with Crippen molar-refractivity contribution in [3.63, 3.8) is 0 Å². The molecule has 0 aromatic heterocycles. The van der Waals surface area contributed by atoms with Gasteiger partial charge in [-0.2, -0.15) is 5.26 Å². The molecule has 0 spiro atoms. The Hall–Kier alpha value is -1.80. The number of rotatable bonds is 10. The van der Waals surface area contributed by atoms with E-state index in [9.17, 15) is 18.8 Å². The molecule has 0 unspecified atom stereocenters. The quantitative estimate of drug-likeness (QED) is 0.309. The molecule has 1 aromatic rings. The van der Waals surface area contributed by atoms with Gasteiger partial charge in [-0.1, -0.05) is 87.0 Å². The van der Waals surface area contributed by atoms with Crippen LogP contribution in [0.1, 0.15) is 110 Å². The van der Waals surface area contributed by atoms with Crippen LogP contribution in [0.5, 0.6) is 5.75 Å². The van der Waals surface area contributed by atoms with E-state index in [4.69, 9.17) is 0 Å². The molecule has 1 N–H and O–H groups in total. The van der Waals surface area contributed by atoms with Crippen molar-refractivity contribution in [2.24, 2.45) is 0 Å². The zero-order valence-electron chi connectivity index (χ0n) is 20.5. The van der Waals surface area contributed by atoms with Crippen molar-refractivity contribution >= 4 is 15.9 Å². The molecule has 1 aromatic carbocycles. The predicted molar refractivity (Wildman–Crippen MR) is 131 cm³/mol. The number of aromatic hydroxyl groups is 1. The third-order valence-corrected chi connectivity index (χ3v) is 7.21. The average molecular weight is 448 g/mol. The lowest BCUT2D eigenvalue weighted by atomic mass is 9.78. The number of nitriles is 1. The average Bonchev–Trinajstić information content (AvgIpc) is 2.64. The third-order valence-electron chi connectivity index (χ3n) is 5.51. The molecule has 0 aliphatic heterocycles. The first-order valence-corrected chi connectivity index (χ1v) is 13.1. The maximum atomic E-state index is 12.8. The Bertz CT molecular complexity index is 872. The zero-order valence-corrected chi connectivity index (χ0v) is 21.3. The molecular formula is C26H41NO3S. The zero-order chi connectivity index (χ0) is 23.9. The Balaban J connectivity index is 3.17. The van der Waals surface area contributed by atoms with E-state index in [1.165, 1.54) is 25.3 Å². The van der Waals surface area contributed by atoms with Gasteiger partial charge in [-0.25, -0.2) is 8.42 Å². The molecule has 31 heavy (non-hydrogen) atoms. The molecule has 174 valence electrons. The van der Waals surface area contributed by atoms with Crippen LogP contribution >= 0.6 is 0 Å². The monoisotopic (exact) mass is 447 g/mol.